The number of rotatable bonds is 28. The third kappa shape index (κ3) is 27.2. The van der Waals surface area contributed by atoms with Gasteiger partial charge >= 0.3 is 11.9 Å². The molecular weight excluding hydrogens is 533 g/mol. The van der Waals surface area contributed by atoms with Gasteiger partial charge in [-0.05, 0) is 12.8 Å². The van der Waals surface area contributed by atoms with Crippen molar-refractivity contribution < 1.29 is 42.1 Å². The van der Waals surface area contributed by atoms with Gasteiger partial charge in [-0.2, -0.15) is 0 Å². The van der Waals surface area contributed by atoms with E-state index < -0.39 is 32.5 Å². The Morgan fingerprint density at radius 2 is 1.12 bits per heavy atom. The second kappa shape index (κ2) is 24.6. The molecule has 0 amide bonds. The first-order valence-electron chi connectivity index (χ1n) is 15.7. The summed E-state index contributed by atoms with van der Waals surface area (Å²) in [4.78, 5) is 36.6. The molecule has 0 N–H and O–H groups in total. The first-order valence-corrected chi connectivity index (χ1v) is 17.2. The maximum absolute atomic E-state index is 12.4. The highest BCUT2D eigenvalue weighted by Crippen LogP contribution is 2.38. The number of esters is 2. The molecule has 1 unspecified atom stereocenters. The molecule has 0 bridgehead atoms. The van der Waals surface area contributed by atoms with Crippen LogP contribution in [0.5, 0.6) is 0 Å². The maximum Gasteiger partial charge on any atom is 0.306 e. The second-order valence-electron chi connectivity index (χ2n) is 11.8. The van der Waals surface area contributed by atoms with Gasteiger partial charge in [-0.25, -0.2) is 0 Å². The van der Waals surface area contributed by atoms with Crippen LogP contribution in [0.4, 0.5) is 0 Å². The van der Waals surface area contributed by atoms with Crippen molar-refractivity contribution >= 4 is 19.8 Å². The highest BCUT2D eigenvalue weighted by Gasteiger charge is 2.21. The van der Waals surface area contributed by atoms with E-state index in [1.807, 2.05) is 28.1 Å². The smallest absolute Gasteiger partial charge is 0.306 e. The lowest BCUT2D eigenvalue weighted by molar-refractivity contribution is -0.870. The second-order valence-corrected chi connectivity index (χ2v) is 13.2. The SMILES string of the molecule is CCCCCCCCCCCCCCCC(=O)O[C@H](COC(=O)CCCCC)COP(=O)([O-])OCC[N+](C)(C)C. The summed E-state index contributed by atoms with van der Waals surface area (Å²) in [7, 11) is 1.17. The molecule has 0 saturated heterocycles. The van der Waals surface area contributed by atoms with Gasteiger partial charge in [-0.3, -0.25) is 14.2 Å². The molecule has 0 aliphatic carbocycles. The van der Waals surface area contributed by atoms with E-state index in [-0.39, 0.29) is 26.1 Å². The minimum absolute atomic E-state index is 0.0276. The molecule has 0 aromatic carbocycles. The van der Waals surface area contributed by atoms with E-state index in [1.54, 1.807) is 0 Å². The van der Waals surface area contributed by atoms with Crippen molar-refractivity contribution in [3.63, 3.8) is 0 Å². The Bertz CT molecular complexity index is 683. The Balaban J connectivity index is 4.34. The van der Waals surface area contributed by atoms with Crippen LogP contribution < -0.4 is 4.89 Å². The Hall–Kier alpha value is -0.990. The minimum atomic E-state index is -4.59. The van der Waals surface area contributed by atoms with Gasteiger partial charge in [0.1, 0.15) is 19.8 Å². The van der Waals surface area contributed by atoms with Gasteiger partial charge in [0.25, 0.3) is 7.82 Å². The van der Waals surface area contributed by atoms with Crippen molar-refractivity contribution in [3.05, 3.63) is 0 Å². The molecule has 0 aromatic heterocycles. The molecule has 2 atom stereocenters. The van der Waals surface area contributed by atoms with Gasteiger partial charge in [0.05, 0.1) is 27.7 Å². The van der Waals surface area contributed by atoms with Gasteiger partial charge in [0, 0.05) is 12.8 Å². The van der Waals surface area contributed by atoms with Crippen molar-refractivity contribution in [3.8, 4) is 0 Å². The number of hydrogen-bond acceptors (Lipinski definition) is 8. The average Bonchev–Trinajstić information content (AvgIpc) is 2.87. The van der Waals surface area contributed by atoms with Gasteiger partial charge < -0.3 is 27.9 Å². The molecule has 0 fully saturated rings. The zero-order valence-corrected chi connectivity index (χ0v) is 27.2. The van der Waals surface area contributed by atoms with E-state index in [0.29, 0.717) is 23.9 Å². The maximum atomic E-state index is 12.4. The lowest BCUT2D eigenvalue weighted by Crippen LogP contribution is -2.37. The average molecular weight is 594 g/mol. The number of hydrogen-bond donors (Lipinski definition) is 0. The van der Waals surface area contributed by atoms with Crippen LogP contribution in [0, 0.1) is 0 Å². The summed E-state index contributed by atoms with van der Waals surface area (Å²) in [5, 5.41) is 0. The van der Waals surface area contributed by atoms with Crippen LogP contribution in [0.15, 0.2) is 0 Å². The van der Waals surface area contributed by atoms with E-state index in [2.05, 4.69) is 6.92 Å². The van der Waals surface area contributed by atoms with Crippen molar-refractivity contribution in [2.75, 3.05) is 47.5 Å². The Labute approximate surface area is 244 Å². The largest absolute Gasteiger partial charge is 0.756 e. The van der Waals surface area contributed by atoms with E-state index in [4.69, 9.17) is 18.5 Å². The third-order valence-corrected chi connectivity index (χ3v) is 7.59. The quantitative estimate of drug-likeness (QED) is 0.0426. The fraction of sp³-hybridized carbons (Fsp3) is 0.933. The summed E-state index contributed by atoms with van der Waals surface area (Å²) in [6.45, 7) is 4.01. The molecule has 0 saturated carbocycles. The number of phosphoric acid groups is 1. The number of ether oxygens (including phenoxy) is 2. The summed E-state index contributed by atoms with van der Waals surface area (Å²) in [5.74, 6) is -0.860. The van der Waals surface area contributed by atoms with Gasteiger partial charge in [0.2, 0.25) is 0 Å². The van der Waals surface area contributed by atoms with Gasteiger partial charge in [-0.1, -0.05) is 104 Å². The molecule has 0 aliphatic heterocycles. The van der Waals surface area contributed by atoms with E-state index in [1.165, 1.54) is 64.2 Å². The molecular formula is C30H60NO8P. The molecule has 10 heteroatoms. The zero-order valence-electron chi connectivity index (χ0n) is 26.3. The molecule has 0 radical (unpaired) electrons. The summed E-state index contributed by atoms with van der Waals surface area (Å²) >= 11 is 0. The highest BCUT2D eigenvalue weighted by molar-refractivity contribution is 7.45. The van der Waals surface area contributed by atoms with Crippen LogP contribution in [0.1, 0.15) is 129 Å². The van der Waals surface area contributed by atoms with E-state index >= 15 is 0 Å². The lowest BCUT2D eigenvalue weighted by Gasteiger charge is -2.28. The predicted molar refractivity (Wildman–Crippen MR) is 158 cm³/mol. The van der Waals surface area contributed by atoms with Crippen molar-refractivity contribution in [1.82, 2.24) is 0 Å². The van der Waals surface area contributed by atoms with Gasteiger partial charge in [0.15, 0.2) is 6.10 Å². The third-order valence-electron chi connectivity index (χ3n) is 6.63. The monoisotopic (exact) mass is 593 g/mol. The van der Waals surface area contributed by atoms with Crippen LogP contribution in [0.2, 0.25) is 0 Å². The number of carbonyl (C=O) groups excluding carboxylic acids is 2. The number of nitrogens with zero attached hydrogens (tertiary/aromatic N) is 1. The molecule has 0 aliphatic rings. The van der Waals surface area contributed by atoms with Crippen molar-refractivity contribution in [2.45, 2.75) is 136 Å². The number of carbonyl (C=O) groups is 2. The standard InChI is InChI=1S/C30H60NO8P/c1-6-8-10-11-12-13-14-15-16-17-18-19-21-23-30(33)39-28(26-36-29(32)22-20-9-7-2)27-38-40(34,35)37-25-24-31(3,4)5/h28H,6-27H2,1-5H3/t28-/m1/s1. The molecule has 238 valence electrons. The predicted octanol–water partition coefficient (Wildman–Crippen LogP) is 6.71. The molecule has 0 rings (SSSR count). The summed E-state index contributed by atoms with van der Waals surface area (Å²) in [6.07, 6.45) is 17.8. The number of phosphoric ester groups is 1. The Kier molecular flexibility index (Phi) is 24.0. The summed E-state index contributed by atoms with van der Waals surface area (Å²) in [5.41, 5.74) is 0. The van der Waals surface area contributed by atoms with E-state index in [9.17, 15) is 19.0 Å². The normalized spacial score (nSPS) is 14.1. The molecule has 40 heavy (non-hydrogen) atoms. The van der Waals surface area contributed by atoms with Crippen LogP contribution in [-0.4, -0.2) is 70.0 Å². The van der Waals surface area contributed by atoms with E-state index in [0.717, 1.165) is 25.7 Å². The first-order chi connectivity index (χ1) is 19.0. The van der Waals surface area contributed by atoms with Crippen LogP contribution in [0.25, 0.3) is 0 Å². The Morgan fingerprint density at radius 1 is 0.675 bits per heavy atom. The summed E-state index contributed by atoms with van der Waals surface area (Å²) in [6, 6.07) is 0. The zero-order chi connectivity index (χ0) is 30.1. The molecule has 0 spiro atoms. The fourth-order valence-corrected chi connectivity index (χ4v) is 4.79. The first kappa shape index (κ1) is 39.0. The molecule has 9 nitrogen and oxygen atoms in total. The minimum Gasteiger partial charge on any atom is -0.756 e. The fourth-order valence-electron chi connectivity index (χ4n) is 4.06. The summed E-state index contributed by atoms with van der Waals surface area (Å²) < 4.78 is 33.2. The topological polar surface area (TPSA) is 111 Å². The highest BCUT2D eigenvalue weighted by atomic mass is 31.2. The van der Waals surface area contributed by atoms with Gasteiger partial charge in [-0.15, -0.1) is 0 Å². The number of quaternary nitrogens is 1. The van der Waals surface area contributed by atoms with Crippen molar-refractivity contribution in [1.29, 1.82) is 0 Å². The molecule has 0 aromatic rings. The van der Waals surface area contributed by atoms with Crippen LogP contribution in [0.3, 0.4) is 0 Å². The number of likely N-dealkylation sites (N-methyl/N-ethyl adjacent to an activating group) is 1. The van der Waals surface area contributed by atoms with Crippen LogP contribution in [-0.2, 0) is 32.7 Å². The molecule has 0 heterocycles. The number of unbranched alkanes of at least 4 members (excludes halogenated alkanes) is 14. The van der Waals surface area contributed by atoms with Crippen LogP contribution >= 0.6 is 7.82 Å². The lowest BCUT2D eigenvalue weighted by atomic mass is 10.0. The Morgan fingerprint density at radius 3 is 1.65 bits per heavy atom. The van der Waals surface area contributed by atoms with Crippen molar-refractivity contribution in [2.24, 2.45) is 0 Å².